The van der Waals surface area contributed by atoms with Crippen molar-refractivity contribution in [1.29, 1.82) is 0 Å². The lowest BCUT2D eigenvalue weighted by molar-refractivity contribution is -0.0146. The van der Waals surface area contributed by atoms with E-state index in [0.29, 0.717) is 30.0 Å². The van der Waals surface area contributed by atoms with Crippen molar-refractivity contribution < 1.29 is 14.3 Å². The van der Waals surface area contributed by atoms with Crippen molar-refractivity contribution in [2.45, 2.75) is 95.7 Å². The summed E-state index contributed by atoms with van der Waals surface area (Å²) in [6.07, 6.45) is 11.7. The molecule has 1 spiro atoms. The largest absolute Gasteiger partial charge is 0.450 e. The Morgan fingerprint density at radius 2 is 1.75 bits per heavy atom. The van der Waals surface area contributed by atoms with Crippen LogP contribution in [-0.4, -0.2) is 83.8 Å². The second-order valence-corrected chi connectivity index (χ2v) is 11.6. The van der Waals surface area contributed by atoms with E-state index in [2.05, 4.69) is 22.0 Å². The van der Waals surface area contributed by atoms with Gasteiger partial charge in [0.15, 0.2) is 0 Å². The molecule has 3 aliphatic heterocycles. The number of piperidine rings is 1. The molecule has 3 amide bonds. The summed E-state index contributed by atoms with van der Waals surface area (Å²) in [4.78, 5) is 31.8. The second-order valence-electron chi connectivity index (χ2n) is 11.6. The van der Waals surface area contributed by atoms with Gasteiger partial charge in [-0.2, -0.15) is 0 Å². The van der Waals surface area contributed by atoms with Crippen molar-refractivity contribution in [3.05, 3.63) is 0 Å². The summed E-state index contributed by atoms with van der Waals surface area (Å²) in [5.41, 5.74) is 0.378. The third-order valence-corrected chi connectivity index (χ3v) is 9.36. The molecule has 7 heteroatoms. The number of urea groups is 1. The summed E-state index contributed by atoms with van der Waals surface area (Å²) in [7, 11) is 0. The lowest BCUT2D eigenvalue weighted by Crippen LogP contribution is -2.58. The molecule has 0 aromatic heterocycles. The number of rotatable bonds is 4. The Kier molecular flexibility index (Phi) is 6.06. The van der Waals surface area contributed by atoms with E-state index in [-0.39, 0.29) is 17.7 Å². The predicted molar refractivity (Wildman–Crippen MR) is 123 cm³/mol. The smallest absolute Gasteiger partial charge is 0.409 e. The summed E-state index contributed by atoms with van der Waals surface area (Å²) in [5, 5.41) is 3.34. The number of ether oxygens (including phenoxy) is 1. The molecule has 5 rings (SSSR count). The lowest BCUT2D eigenvalue weighted by Gasteiger charge is -2.52. The zero-order valence-corrected chi connectivity index (χ0v) is 20.1. The van der Waals surface area contributed by atoms with E-state index >= 15 is 0 Å². The number of likely N-dealkylation sites (tertiary alicyclic amines) is 3. The maximum Gasteiger partial charge on any atom is 0.409 e. The Morgan fingerprint density at radius 3 is 2.41 bits per heavy atom. The van der Waals surface area contributed by atoms with Crippen LogP contribution in [0, 0.1) is 11.3 Å². The molecule has 3 saturated heterocycles. The Morgan fingerprint density at radius 1 is 1.00 bits per heavy atom. The maximum atomic E-state index is 13.0. The number of hydrogen-bond donors (Lipinski definition) is 1. The molecule has 1 N–H and O–H groups in total. The van der Waals surface area contributed by atoms with Gasteiger partial charge in [-0.1, -0.05) is 0 Å². The van der Waals surface area contributed by atoms with E-state index in [1.165, 1.54) is 38.5 Å². The van der Waals surface area contributed by atoms with Crippen molar-refractivity contribution in [3.63, 3.8) is 0 Å². The molecule has 5 fully saturated rings. The van der Waals surface area contributed by atoms with Crippen LogP contribution >= 0.6 is 0 Å². The number of nitrogens with zero attached hydrogens (tertiary/aromatic N) is 3. The van der Waals surface area contributed by atoms with Crippen LogP contribution in [0.1, 0.15) is 78.1 Å². The molecule has 1 atom stereocenters. The topological polar surface area (TPSA) is 65.1 Å². The van der Waals surface area contributed by atoms with Gasteiger partial charge in [-0.3, -0.25) is 0 Å². The summed E-state index contributed by atoms with van der Waals surface area (Å²) in [6, 6.07) is 1.30. The summed E-state index contributed by atoms with van der Waals surface area (Å²) < 4.78 is 5.20. The van der Waals surface area contributed by atoms with Crippen molar-refractivity contribution in [3.8, 4) is 0 Å². The highest BCUT2D eigenvalue weighted by molar-refractivity contribution is 5.76. The second kappa shape index (κ2) is 8.69. The fourth-order valence-electron chi connectivity index (χ4n) is 7.20. The van der Waals surface area contributed by atoms with Gasteiger partial charge in [0, 0.05) is 37.3 Å². The van der Waals surface area contributed by atoms with Gasteiger partial charge in [0.1, 0.15) is 0 Å². The van der Waals surface area contributed by atoms with Crippen LogP contribution in [-0.2, 0) is 4.74 Å². The van der Waals surface area contributed by atoms with Crippen LogP contribution in [0.5, 0.6) is 0 Å². The van der Waals surface area contributed by atoms with Crippen molar-refractivity contribution in [2.24, 2.45) is 11.3 Å². The highest BCUT2D eigenvalue weighted by Crippen LogP contribution is 2.51. The lowest BCUT2D eigenvalue weighted by atomic mass is 9.64. The molecule has 3 heterocycles. The molecular weight excluding hydrogens is 404 g/mol. The fourth-order valence-corrected chi connectivity index (χ4v) is 7.20. The minimum Gasteiger partial charge on any atom is -0.450 e. The van der Waals surface area contributed by atoms with E-state index in [1.807, 2.05) is 11.8 Å². The molecular formula is C25H42N4O3. The Bertz CT molecular complexity index is 710. The van der Waals surface area contributed by atoms with Crippen LogP contribution in [0.15, 0.2) is 0 Å². The van der Waals surface area contributed by atoms with Gasteiger partial charge in [-0.05, 0) is 102 Å². The van der Waals surface area contributed by atoms with Crippen LogP contribution < -0.4 is 5.32 Å². The third-order valence-electron chi connectivity index (χ3n) is 9.36. The Hall–Kier alpha value is -1.50. The number of nitrogens with one attached hydrogen (secondary N) is 1. The van der Waals surface area contributed by atoms with Gasteiger partial charge in [0.25, 0.3) is 0 Å². The van der Waals surface area contributed by atoms with Crippen LogP contribution in [0.2, 0.25) is 0 Å². The molecule has 0 bridgehead atoms. The minimum atomic E-state index is -0.134. The molecule has 0 aromatic rings. The maximum absolute atomic E-state index is 13.0. The molecule has 1 unspecified atom stereocenters. The highest BCUT2D eigenvalue weighted by atomic mass is 16.6. The van der Waals surface area contributed by atoms with E-state index in [9.17, 15) is 9.59 Å². The zero-order chi connectivity index (χ0) is 22.3. The van der Waals surface area contributed by atoms with Crippen LogP contribution in [0.25, 0.3) is 0 Å². The minimum absolute atomic E-state index is 0.0386. The normalized spacial score (nSPS) is 34.9. The van der Waals surface area contributed by atoms with E-state index in [4.69, 9.17) is 4.74 Å². The average Bonchev–Trinajstić information content (AvgIpc) is 3.40. The van der Waals surface area contributed by atoms with Crippen LogP contribution in [0.3, 0.4) is 0 Å². The first-order valence-corrected chi connectivity index (χ1v) is 13.1. The van der Waals surface area contributed by atoms with Gasteiger partial charge in [-0.15, -0.1) is 0 Å². The van der Waals surface area contributed by atoms with E-state index in [1.54, 1.807) is 0 Å². The van der Waals surface area contributed by atoms with Crippen molar-refractivity contribution in [1.82, 2.24) is 20.0 Å². The van der Waals surface area contributed by atoms with Crippen LogP contribution in [0.4, 0.5) is 9.59 Å². The zero-order valence-electron chi connectivity index (χ0n) is 20.1. The molecule has 7 nitrogen and oxygen atoms in total. The number of carbonyl (C=O) groups is 2. The first-order valence-electron chi connectivity index (χ1n) is 13.1. The summed E-state index contributed by atoms with van der Waals surface area (Å²) >= 11 is 0. The number of amides is 3. The average molecular weight is 447 g/mol. The highest BCUT2D eigenvalue weighted by Gasteiger charge is 2.52. The van der Waals surface area contributed by atoms with Gasteiger partial charge in [0.05, 0.1) is 6.61 Å². The van der Waals surface area contributed by atoms with Crippen molar-refractivity contribution >= 4 is 12.1 Å². The number of hydrogen-bond acceptors (Lipinski definition) is 4. The molecule has 2 aliphatic carbocycles. The fraction of sp³-hybridized carbons (Fsp3) is 0.920. The molecule has 32 heavy (non-hydrogen) atoms. The molecule has 5 aliphatic rings. The molecule has 180 valence electrons. The Balaban J connectivity index is 1.08. The summed E-state index contributed by atoms with van der Waals surface area (Å²) in [6.45, 7) is 9.51. The standard InChI is InChI=1S/C25H42N4O3/c1-3-32-23(31)28-15-11-25(18-28)16-20(17-25)27-13-7-19(8-14-27)21-6-4-12-29(21)22(30)26-24(2)9-5-10-24/h19-21H,3-18H2,1-2H3,(H,26,30). The van der Waals surface area contributed by atoms with Gasteiger partial charge < -0.3 is 24.8 Å². The van der Waals surface area contributed by atoms with E-state index in [0.717, 1.165) is 58.4 Å². The molecule has 0 aromatic carbocycles. The Labute approximate surface area is 193 Å². The number of carbonyl (C=O) groups excluding carboxylic acids is 2. The first-order chi connectivity index (χ1) is 15.4. The van der Waals surface area contributed by atoms with Gasteiger partial charge in [0.2, 0.25) is 0 Å². The predicted octanol–water partition coefficient (Wildman–Crippen LogP) is 3.83. The monoisotopic (exact) mass is 446 g/mol. The third kappa shape index (κ3) is 4.22. The quantitative estimate of drug-likeness (QED) is 0.713. The molecule has 0 radical (unpaired) electrons. The van der Waals surface area contributed by atoms with Gasteiger partial charge in [-0.25, -0.2) is 9.59 Å². The van der Waals surface area contributed by atoms with Gasteiger partial charge >= 0.3 is 12.1 Å². The first kappa shape index (κ1) is 22.3. The van der Waals surface area contributed by atoms with E-state index < -0.39 is 0 Å². The van der Waals surface area contributed by atoms with Crippen molar-refractivity contribution in [2.75, 3.05) is 39.3 Å². The molecule has 2 saturated carbocycles. The summed E-state index contributed by atoms with van der Waals surface area (Å²) in [5.74, 6) is 0.647. The SMILES string of the molecule is CCOC(=O)N1CCC2(CC(N3CCC(C4CCCN4C(=O)NC4(C)CCC4)CC3)C2)C1.